The van der Waals surface area contributed by atoms with E-state index in [1.807, 2.05) is 0 Å². The van der Waals surface area contributed by atoms with Crippen molar-refractivity contribution in [2.45, 2.75) is 43.7 Å². The summed E-state index contributed by atoms with van der Waals surface area (Å²) in [5.41, 5.74) is 1.49. The van der Waals surface area contributed by atoms with Gasteiger partial charge in [0.15, 0.2) is 0 Å². The summed E-state index contributed by atoms with van der Waals surface area (Å²) < 4.78 is 5.20. The van der Waals surface area contributed by atoms with Crippen LogP contribution in [-0.4, -0.2) is 19.2 Å². The van der Waals surface area contributed by atoms with Crippen molar-refractivity contribution in [3.63, 3.8) is 0 Å². The molecule has 2 aliphatic rings. The maximum atomic E-state index is 5.20. The number of hydrogen-bond acceptors (Lipinski definition) is 2. The van der Waals surface area contributed by atoms with E-state index in [1.54, 1.807) is 7.11 Å². The van der Waals surface area contributed by atoms with Crippen molar-refractivity contribution in [3.8, 4) is 5.75 Å². The van der Waals surface area contributed by atoms with Crippen LogP contribution in [0.1, 0.15) is 37.2 Å². The average Bonchev–Trinajstić information content (AvgIpc) is 2.68. The first kappa shape index (κ1) is 10.2. The van der Waals surface area contributed by atoms with Gasteiger partial charge in [0, 0.05) is 12.1 Å². The van der Waals surface area contributed by atoms with Gasteiger partial charge in [-0.25, -0.2) is 0 Å². The molecule has 2 bridgehead atoms. The largest absolute Gasteiger partial charge is 0.497 e. The highest BCUT2D eigenvalue weighted by Gasteiger charge is 2.33. The van der Waals surface area contributed by atoms with Crippen molar-refractivity contribution in [1.29, 1.82) is 0 Å². The molecule has 2 saturated heterocycles. The fourth-order valence-electron chi connectivity index (χ4n) is 3.21. The lowest BCUT2D eigenvalue weighted by Crippen LogP contribution is -2.37. The summed E-state index contributed by atoms with van der Waals surface area (Å²) in [4.78, 5) is 0. The molecule has 0 radical (unpaired) electrons. The van der Waals surface area contributed by atoms with E-state index < -0.39 is 0 Å². The summed E-state index contributed by atoms with van der Waals surface area (Å²) >= 11 is 0. The van der Waals surface area contributed by atoms with Gasteiger partial charge in [-0.15, -0.1) is 0 Å². The second-order valence-corrected chi connectivity index (χ2v) is 5.08. The van der Waals surface area contributed by atoms with Gasteiger partial charge in [0.25, 0.3) is 0 Å². The maximum absolute atomic E-state index is 5.20. The molecule has 1 aromatic rings. The van der Waals surface area contributed by atoms with Gasteiger partial charge in [-0.2, -0.15) is 0 Å². The van der Waals surface area contributed by atoms with Crippen molar-refractivity contribution >= 4 is 0 Å². The highest BCUT2D eigenvalue weighted by Crippen LogP contribution is 2.37. The summed E-state index contributed by atoms with van der Waals surface area (Å²) in [5.74, 6) is 1.71. The lowest BCUT2D eigenvalue weighted by molar-refractivity contribution is 0.363. The maximum Gasteiger partial charge on any atom is 0.118 e. The molecular weight excluding hydrogens is 198 g/mol. The third-order valence-electron chi connectivity index (χ3n) is 4.06. The van der Waals surface area contributed by atoms with Crippen LogP contribution in [0.5, 0.6) is 5.75 Å². The third kappa shape index (κ3) is 1.82. The van der Waals surface area contributed by atoms with Crippen molar-refractivity contribution in [1.82, 2.24) is 5.32 Å². The smallest absolute Gasteiger partial charge is 0.118 e. The standard InChI is InChI=1S/C14H19NO/c1-16-14-6-2-10(3-7-14)11-8-12-4-5-13(9-11)15-12/h2-3,6-7,11-13,15H,4-5,8-9H2,1H3/t11?,12-,13+. The molecule has 3 rings (SSSR count). The van der Waals surface area contributed by atoms with Gasteiger partial charge in [-0.05, 0) is 49.3 Å². The van der Waals surface area contributed by atoms with Crippen LogP contribution in [0.3, 0.4) is 0 Å². The molecule has 0 amide bonds. The number of benzene rings is 1. The predicted octanol–water partition coefficient (Wildman–Crippen LogP) is 2.69. The number of fused-ring (bicyclic) bond motifs is 2. The quantitative estimate of drug-likeness (QED) is 0.822. The summed E-state index contributed by atoms with van der Waals surface area (Å²) in [5, 5.41) is 3.69. The van der Waals surface area contributed by atoms with Gasteiger partial charge in [-0.3, -0.25) is 0 Å². The third-order valence-corrected chi connectivity index (χ3v) is 4.06. The Kier molecular flexibility index (Phi) is 2.60. The first-order chi connectivity index (χ1) is 7.85. The molecule has 2 fully saturated rings. The molecule has 0 spiro atoms. The van der Waals surface area contributed by atoms with Crippen LogP contribution in [0, 0.1) is 0 Å². The molecular formula is C14H19NO. The summed E-state index contributed by atoms with van der Waals surface area (Å²) in [6.07, 6.45) is 5.36. The number of methoxy groups -OCH3 is 1. The van der Waals surface area contributed by atoms with Crippen molar-refractivity contribution in [2.75, 3.05) is 7.11 Å². The van der Waals surface area contributed by atoms with Crippen LogP contribution < -0.4 is 10.1 Å². The van der Waals surface area contributed by atoms with Gasteiger partial charge < -0.3 is 10.1 Å². The minimum atomic E-state index is 0.754. The zero-order chi connectivity index (χ0) is 11.0. The highest BCUT2D eigenvalue weighted by atomic mass is 16.5. The second kappa shape index (κ2) is 4.10. The number of nitrogens with one attached hydrogen (secondary N) is 1. The van der Waals surface area contributed by atoms with Gasteiger partial charge in [0.2, 0.25) is 0 Å². The summed E-state index contributed by atoms with van der Waals surface area (Å²) in [7, 11) is 1.72. The van der Waals surface area contributed by atoms with Gasteiger partial charge >= 0.3 is 0 Å². The normalized spacial score (nSPS) is 32.7. The predicted molar refractivity (Wildman–Crippen MR) is 64.9 cm³/mol. The van der Waals surface area contributed by atoms with E-state index in [9.17, 15) is 0 Å². The Morgan fingerprint density at radius 1 is 1.06 bits per heavy atom. The summed E-state index contributed by atoms with van der Waals surface area (Å²) in [6.45, 7) is 0. The van der Waals surface area contributed by atoms with Crippen LogP contribution in [0.4, 0.5) is 0 Å². The molecule has 2 heteroatoms. The molecule has 1 N–H and O–H groups in total. The van der Waals surface area contributed by atoms with E-state index in [-0.39, 0.29) is 0 Å². The SMILES string of the molecule is COc1ccc(C2C[C@H]3CC[C@@H](C2)N3)cc1. The Morgan fingerprint density at radius 3 is 2.25 bits per heavy atom. The van der Waals surface area contributed by atoms with E-state index in [0.717, 1.165) is 23.8 Å². The van der Waals surface area contributed by atoms with Crippen LogP contribution in [0.25, 0.3) is 0 Å². The number of rotatable bonds is 2. The molecule has 86 valence electrons. The molecule has 16 heavy (non-hydrogen) atoms. The van der Waals surface area contributed by atoms with Crippen molar-refractivity contribution in [3.05, 3.63) is 29.8 Å². The van der Waals surface area contributed by atoms with Gasteiger partial charge in [0.05, 0.1) is 7.11 Å². The zero-order valence-corrected chi connectivity index (χ0v) is 9.78. The monoisotopic (exact) mass is 217 g/mol. The van der Waals surface area contributed by atoms with Gasteiger partial charge in [0.1, 0.15) is 5.75 Å². The second-order valence-electron chi connectivity index (χ2n) is 5.08. The van der Waals surface area contributed by atoms with Crippen molar-refractivity contribution in [2.24, 2.45) is 0 Å². The fourth-order valence-corrected chi connectivity index (χ4v) is 3.21. The number of hydrogen-bond donors (Lipinski definition) is 1. The Labute approximate surface area is 97.0 Å². The Balaban J connectivity index is 1.76. The minimum Gasteiger partial charge on any atom is -0.497 e. The Morgan fingerprint density at radius 2 is 1.69 bits per heavy atom. The van der Waals surface area contributed by atoms with E-state index in [0.29, 0.717) is 0 Å². The fraction of sp³-hybridized carbons (Fsp3) is 0.571. The van der Waals surface area contributed by atoms with Crippen LogP contribution in [0.15, 0.2) is 24.3 Å². The molecule has 0 saturated carbocycles. The Bertz CT molecular complexity index is 348. The van der Waals surface area contributed by atoms with E-state index in [4.69, 9.17) is 4.74 Å². The van der Waals surface area contributed by atoms with E-state index >= 15 is 0 Å². The first-order valence-electron chi connectivity index (χ1n) is 6.25. The summed E-state index contributed by atoms with van der Waals surface area (Å²) in [6, 6.07) is 10.2. The van der Waals surface area contributed by atoms with Crippen LogP contribution in [-0.2, 0) is 0 Å². The first-order valence-corrected chi connectivity index (χ1v) is 6.25. The molecule has 3 atom stereocenters. The molecule has 2 aliphatic heterocycles. The lowest BCUT2D eigenvalue weighted by atomic mass is 9.86. The minimum absolute atomic E-state index is 0.754. The van der Waals surface area contributed by atoms with E-state index in [1.165, 1.54) is 31.2 Å². The molecule has 2 heterocycles. The van der Waals surface area contributed by atoms with Crippen molar-refractivity contribution < 1.29 is 4.74 Å². The molecule has 1 aromatic carbocycles. The number of piperidine rings is 1. The zero-order valence-electron chi connectivity index (χ0n) is 9.78. The number of ether oxygens (including phenoxy) is 1. The topological polar surface area (TPSA) is 21.3 Å². The average molecular weight is 217 g/mol. The van der Waals surface area contributed by atoms with Crippen LogP contribution in [0.2, 0.25) is 0 Å². The highest BCUT2D eigenvalue weighted by molar-refractivity contribution is 5.30. The molecule has 0 aromatic heterocycles. The Hall–Kier alpha value is -1.02. The molecule has 2 nitrogen and oxygen atoms in total. The lowest BCUT2D eigenvalue weighted by Gasteiger charge is -2.29. The molecule has 1 unspecified atom stereocenters. The van der Waals surface area contributed by atoms with Crippen LogP contribution >= 0.6 is 0 Å². The van der Waals surface area contributed by atoms with Gasteiger partial charge in [-0.1, -0.05) is 12.1 Å². The molecule has 0 aliphatic carbocycles. The van der Waals surface area contributed by atoms with E-state index in [2.05, 4.69) is 29.6 Å².